The second-order valence-electron chi connectivity index (χ2n) is 3.87. The highest BCUT2D eigenvalue weighted by Crippen LogP contribution is 2.09. The van der Waals surface area contributed by atoms with Gasteiger partial charge in [-0.05, 0) is 31.5 Å². The maximum Gasteiger partial charge on any atom is 0.251 e. The third kappa shape index (κ3) is 3.90. The van der Waals surface area contributed by atoms with Crippen molar-refractivity contribution in [2.24, 2.45) is 0 Å². The summed E-state index contributed by atoms with van der Waals surface area (Å²) in [6.07, 6.45) is 0. The zero-order valence-corrected chi connectivity index (χ0v) is 9.51. The van der Waals surface area contributed by atoms with Gasteiger partial charge in [0.2, 0.25) is 0 Å². The van der Waals surface area contributed by atoms with E-state index in [1.165, 1.54) is 13.8 Å². The molecule has 1 rings (SSSR count). The van der Waals surface area contributed by atoms with Crippen LogP contribution in [0.2, 0.25) is 5.02 Å². The number of amides is 1. The maximum absolute atomic E-state index is 11.3. The minimum atomic E-state index is -1.34. The fourth-order valence-corrected chi connectivity index (χ4v) is 1.13. The van der Waals surface area contributed by atoms with Crippen LogP contribution in [-0.4, -0.2) is 16.6 Å². The van der Waals surface area contributed by atoms with Crippen LogP contribution in [0.1, 0.15) is 19.4 Å². The molecular weight excluding hydrogens is 214 g/mol. The number of halogens is 1. The van der Waals surface area contributed by atoms with Crippen LogP contribution in [0.15, 0.2) is 24.3 Å². The Morgan fingerprint density at radius 1 is 1.40 bits per heavy atom. The van der Waals surface area contributed by atoms with Gasteiger partial charge >= 0.3 is 0 Å². The van der Waals surface area contributed by atoms with Crippen LogP contribution in [0.5, 0.6) is 0 Å². The van der Waals surface area contributed by atoms with Gasteiger partial charge in [-0.2, -0.15) is 0 Å². The van der Waals surface area contributed by atoms with Crippen molar-refractivity contribution in [1.29, 1.82) is 0 Å². The summed E-state index contributed by atoms with van der Waals surface area (Å²) in [5, 5.41) is 12.7. The van der Waals surface area contributed by atoms with Gasteiger partial charge < -0.3 is 10.4 Å². The molecule has 1 amide bonds. The molecule has 0 aliphatic heterocycles. The van der Waals surface area contributed by atoms with Crippen molar-refractivity contribution >= 4 is 17.5 Å². The highest BCUT2D eigenvalue weighted by molar-refractivity contribution is 6.30. The first-order valence-electron chi connectivity index (χ1n) is 4.65. The number of benzene rings is 1. The Bertz CT molecular complexity index is 341. The van der Waals surface area contributed by atoms with E-state index in [0.717, 1.165) is 5.56 Å². The summed E-state index contributed by atoms with van der Waals surface area (Å²) in [6, 6.07) is 7.17. The van der Waals surface area contributed by atoms with Crippen LogP contribution in [0.3, 0.4) is 0 Å². The third-order valence-electron chi connectivity index (χ3n) is 1.92. The van der Waals surface area contributed by atoms with Crippen molar-refractivity contribution in [2.75, 3.05) is 0 Å². The van der Waals surface area contributed by atoms with Gasteiger partial charge in [-0.25, -0.2) is 0 Å². The Morgan fingerprint density at radius 2 is 1.93 bits per heavy atom. The van der Waals surface area contributed by atoms with E-state index < -0.39 is 11.5 Å². The molecule has 2 N–H and O–H groups in total. The van der Waals surface area contributed by atoms with Crippen molar-refractivity contribution in [3.05, 3.63) is 34.9 Å². The van der Waals surface area contributed by atoms with E-state index in [-0.39, 0.29) is 0 Å². The van der Waals surface area contributed by atoms with E-state index in [4.69, 9.17) is 11.6 Å². The minimum Gasteiger partial charge on any atom is -0.381 e. The summed E-state index contributed by atoms with van der Waals surface area (Å²) >= 11 is 5.72. The molecule has 1 aromatic carbocycles. The van der Waals surface area contributed by atoms with E-state index in [9.17, 15) is 9.90 Å². The van der Waals surface area contributed by atoms with Gasteiger partial charge in [0.1, 0.15) is 5.60 Å². The van der Waals surface area contributed by atoms with Crippen molar-refractivity contribution in [3.8, 4) is 0 Å². The van der Waals surface area contributed by atoms with E-state index >= 15 is 0 Å². The molecule has 0 aliphatic carbocycles. The summed E-state index contributed by atoms with van der Waals surface area (Å²) in [5.41, 5.74) is -0.399. The molecule has 0 heterocycles. The number of carbonyl (C=O) groups is 1. The molecule has 82 valence electrons. The number of rotatable bonds is 3. The van der Waals surface area contributed by atoms with Crippen LogP contribution in [0, 0.1) is 0 Å². The maximum atomic E-state index is 11.3. The predicted octanol–water partition coefficient (Wildman–Crippen LogP) is 1.73. The van der Waals surface area contributed by atoms with Crippen LogP contribution in [0.4, 0.5) is 0 Å². The van der Waals surface area contributed by atoms with Gasteiger partial charge in [-0.3, -0.25) is 4.79 Å². The van der Waals surface area contributed by atoms with Crippen molar-refractivity contribution in [2.45, 2.75) is 26.0 Å². The van der Waals surface area contributed by atoms with Crippen molar-refractivity contribution < 1.29 is 9.90 Å². The molecule has 0 bridgehead atoms. The Labute approximate surface area is 94.1 Å². The van der Waals surface area contributed by atoms with Crippen LogP contribution < -0.4 is 5.32 Å². The van der Waals surface area contributed by atoms with E-state index in [0.29, 0.717) is 11.6 Å². The lowest BCUT2D eigenvalue weighted by Gasteiger charge is -2.16. The molecule has 0 atom stereocenters. The third-order valence-corrected chi connectivity index (χ3v) is 2.17. The SMILES string of the molecule is CC(C)(O)C(=O)NCc1ccc(Cl)cc1. The Kier molecular flexibility index (Phi) is 3.72. The van der Waals surface area contributed by atoms with Crippen molar-refractivity contribution in [1.82, 2.24) is 5.32 Å². The van der Waals surface area contributed by atoms with Gasteiger partial charge in [-0.15, -0.1) is 0 Å². The predicted molar refractivity (Wildman–Crippen MR) is 59.6 cm³/mol. The lowest BCUT2D eigenvalue weighted by atomic mass is 10.1. The number of nitrogens with one attached hydrogen (secondary N) is 1. The quantitative estimate of drug-likeness (QED) is 0.826. The monoisotopic (exact) mass is 227 g/mol. The summed E-state index contributed by atoms with van der Waals surface area (Å²) < 4.78 is 0. The molecule has 15 heavy (non-hydrogen) atoms. The van der Waals surface area contributed by atoms with Crippen LogP contribution in [0.25, 0.3) is 0 Å². The van der Waals surface area contributed by atoms with Gasteiger partial charge in [0.25, 0.3) is 5.91 Å². The first-order valence-corrected chi connectivity index (χ1v) is 5.02. The molecule has 0 radical (unpaired) electrons. The van der Waals surface area contributed by atoms with E-state index in [2.05, 4.69) is 5.32 Å². The fourth-order valence-electron chi connectivity index (χ4n) is 1.00. The molecule has 0 spiro atoms. The zero-order valence-electron chi connectivity index (χ0n) is 8.75. The van der Waals surface area contributed by atoms with Crippen molar-refractivity contribution in [3.63, 3.8) is 0 Å². The smallest absolute Gasteiger partial charge is 0.251 e. The second-order valence-corrected chi connectivity index (χ2v) is 4.30. The lowest BCUT2D eigenvalue weighted by Crippen LogP contribution is -2.41. The molecule has 0 unspecified atom stereocenters. The molecular formula is C11H14ClNO2. The topological polar surface area (TPSA) is 49.3 Å². The summed E-state index contributed by atoms with van der Waals surface area (Å²) in [7, 11) is 0. The minimum absolute atomic E-state index is 0.389. The van der Waals surface area contributed by atoms with Crippen LogP contribution >= 0.6 is 11.6 Å². The first-order chi connectivity index (χ1) is 6.89. The average Bonchev–Trinajstić information content (AvgIpc) is 2.15. The van der Waals surface area contributed by atoms with Crippen LogP contribution in [-0.2, 0) is 11.3 Å². The molecule has 4 heteroatoms. The normalized spacial score (nSPS) is 11.2. The lowest BCUT2D eigenvalue weighted by molar-refractivity contribution is -0.136. The van der Waals surface area contributed by atoms with E-state index in [1.807, 2.05) is 12.1 Å². The molecule has 3 nitrogen and oxygen atoms in total. The largest absolute Gasteiger partial charge is 0.381 e. The summed E-state index contributed by atoms with van der Waals surface area (Å²) in [6.45, 7) is 3.29. The summed E-state index contributed by atoms with van der Waals surface area (Å²) in [4.78, 5) is 11.3. The number of carbonyl (C=O) groups excluding carboxylic acids is 1. The van der Waals surface area contributed by atoms with Gasteiger partial charge in [0.05, 0.1) is 0 Å². The van der Waals surface area contributed by atoms with E-state index in [1.54, 1.807) is 12.1 Å². The molecule has 0 aliphatic rings. The summed E-state index contributed by atoms with van der Waals surface area (Å²) in [5.74, 6) is -0.391. The van der Waals surface area contributed by atoms with Gasteiger partial charge in [0, 0.05) is 11.6 Å². The zero-order chi connectivity index (χ0) is 11.5. The standard InChI is InChI=1S/C11H14ClNO2/c1-11(2,15)10(14)13-7-8-3-5-9(12)6-4-8/h3-6,15H,7H2,1-2H3,(H,13,14). The second kappa shape index (κ2) is 4.64. The highest BCUT2D eigenvalue weighted by atomic mass is 35.5. The number of hydrogen-bond donors (Lipinski definition) is 2. The molecule has 0 saturated heterocycles. The number of aliphatic hydroxyl groups is 1. The Hall–Kier alpha value is -1.06. The Balaban J connectivity index is 2.51. The highest BCUT2D eigenvalue weighted by Gasteiger charge is 2.22. The van der Waals surface area contributed by atoms with Gasteiger partial charge in [-0.1, -0.05) is 23.7 Å². The average molecular weight is 228 g/mol. The van der Waals surface area contributed by atoms with Gasteiger partial charge in [0.15, 0.2) is 0 Å². The Morgan fingerprint density at radius 3 is 2.40 bits per heavy atom. The first kappa shape index (κ1) is 12.0. The number of hydrogen-bond acceptors (Lipinski definition) is 2. The molecule has 0 saturated carbocycles. The molecule has 0 aromatic heterocycles. The fraction of sp³-hybridized carbons (Fsp3) is 0.364. The molecule has 0 fully saturated rings. The molecule has 1 aromatic rings.